The van der Waals surface area contributed by atoms with Crippen molar-refractivity contribution in [1.82, 2.24) is 4.72 Å². The largest absolute Gasteiger partial charge is 0.480 e. The number of carbonyl (C=O) groups is 1. The molecule has 0 heterocycles. The number of carboxylic acid groups (broad SMARTS) is 1. The van der Waals surface area contributed by atoms with Crippen molar-refractivity contribution < 1.29 is 18.3 Å². The van der Waals surface area contributed by atoms with E-state index in [0.717, 1.165) is 0 Å². The predicted molar refractivity (Wildman–Crippen MR) is 60.5 cm³/mol. The number of sulfonamides is 1. The van der Waals surface area contributed by atoms with Crippen LogP contribution in [0.25, 0.3) is 0 Å². The van der Waals surface area contributed by atoms with E-state index in [-0.39, 0.29) is 12.3 Å². The Kier molecular flexibility index (Phi) is 3.79. The van der Waals surface area contributed by atoms with Gasteiger partial charge in [-0.15, -0.1) is 0 Å². The second kappa shape index (κ2) is 4.63. The molecule has 0 aromatic carbocycles. The van der Waals surface area contributed by atoms with Gasteiger partial charge in [-0.2, -0.15) is 9.98 Å². The van der Waals surface area contributed by atoms with Crippen molar-refractivity contribution in [1.29, 1.82) is 5.26 Å². The third-order valence-corrected chi connectivity index (χ3v) is 4.98. The number of aliphatic carboxylic acids is 1. The van der Waals surface area contributed by atoms with Crippen molar-refractivity contribution in [3.8, 4) is 6.07 Å². The Morgan fingerprint density at radius 2 is 2.18 bits per heavy atom. The number of nitrogens with one attached hydrogen (secondary N) is 1. The van der Waals surface area contributed by atoms with E-state index < -0.39 is 26.8 Å². The first-order valence-corrected chi connectivity index (χ1v) is 6.98. The zero-order chi connectivity index (χ0) is 13.3. The molecule has 2 unspecified atom stereocenters. The summed E-state index contributed by atoms with van der Waals surface area (Å²) in [6.07, 6.45) is 1.51. The molecule has 2 atom stereocenters. The number of hydrogen-bond donors (Lipinski definition) is 2. The van der Waals surface area contributed by atoms with E-state index in [1.54, 1.807) is 13.0 Å². The van der Waals surface area contributed by atoms with E-state index in [1.807, 2.05) is 0 Å². The lowest BCUT2D eigenvalue weighted by atomic mass is 9.98. The van der Waals surface area contributed by atoms with Crippen molar-refractivity contribution in [3.05, 3.63) is 0 Å². The SMILES string of the molecule is CCC(C#N)S(=O)(=O)NC(C)(C(=O)O)C1CC1. The highest BCUT2D eigenvalue weighted by atomic mass is 32.2. The highest BCUT2D eigenvalue weighted by molar-refractivity contribution is 7.90. The average molecular weight is 260 g/mol. The Morgan fingerprint density at radius 3 is 2.47 bits per heavy atom. The van der Waals surface area contributed by atoms with Crippen LogP contribution in [0, 0.1) is 17.2 Å². The van der Waals surface area contributed by atoms with Crippen LogP contribution in [0.2, 0.25) is 0 Å². The average Bonchev–Trinajstić information content (AvgIpc) is 3.00. The summed E-state index contributed by atoms with van der Waals surface area (Å²) in [5, 5.41) is 16.6. The lowest BCUT2D eigenvalue weighted by Gasteiger charge is -2.26. The summed E-state index contributed by atoms with van der Waals surface area (Å²) < 4.78 is 25.9. The van der Waals surface area contributed by atoms with Crippen LogP contribution < -0.4 is 4.72 Å². The minimum absolute atomic E-state index is 0.131. The summed E-state index contributed by atoms with van der Waals surface area (Å²) in [6.45, 7) is 2.93. The second-order valence-corrected chi connectivity index (χ2v) is 6.32. The Morgan fingerprint density at radius 1 is 1.65 bits per heavy atom. The van der Waals surface area contributed by atoms with Gasteiger partial charge in [-0.3, -0.25) is 4.79 Å². The molecule has 7 heteroatoms. The number of hydrogen-bond acceptors (Lipinski definition) is 4. The Balaban J connectivity index is 2.96. The van der Waals surface area contributed by atoms with Crippen LogP contribution in [0.15, 0.2) is 0 Å². The van der Waals surface area contributed by atoms with Crippen molar-refractivity contribution >= 4 is 16.0 Å². The molecule has 0 bridgehead atoms. The molecule has 1 aliphatic carbocycles. The van der Waals surface area contributed by atoms with E-state index >= 15 is 0 Å². The standard InChI is InChI=1S/C10H16N2O4S/c1-3-8(6-11)17(15,16)12-10(2,9(13)14)7-4-5-7/h7-8,12H,3-5H2,1-2H3,(H,13,14). The molecular weight excluding hydrogens is 244 g/mol. The van der Waals surface area contributed by atoms with Gasteiger partial charge in [0.05, 0.1) is 6.07 Å². The van der Waals surface area contributed by atoms with Crippen LogP contribution in [0.1, 0.15) is 33.1 Å². The van der Waals surface area contributed by atoms with E-state index in [4.69, 9.17) is 10.4 Å². The van der Waals surface area contributed by atoms with Crippen LogP contribution in [-0.2, 0) is 14.8 Å². The van der Waals surface area contributed by atoms with Gasteiger partial charge < -0.3 is 5.11 Å². The molecule has 0 aromatic heterocycles. The fourth-order valence-corrected chi connectivity index (χ4v) is 3.27. The minimum atomic E-state index is -3.92. The summed E-state index contributed by atoms with van der Waals surface area (Å²) in [7, 11) is -3.92. The van der Waals surface area contributed by atoms with Crippen LogP contribution in [-0.4, -0.2) is 30.3 Å². The molecule has 1 fully saturated rings. The molecule has 6 nitrogen and oxygen atoms in total. The van der Waals surface area contributed by atoms with Gasteiger partial charge in [0.25, 0.3) is 0 Å². The van der Waals surface area contributed by atoms with E-state index in [0.29, 0.717) is 12.8 Å². The predicted octanol–water partition coefficient (Wildman–Crippen LogP) is 0.461. The lowest BCUT2D eigenvalue weighted by Crippen LogP contribution is -2.55. The molecular formula is C10H16N2O4S. The zero-order valence-corrected chi connectivity index (χ0v) is 10.6. The van der Waals surface area contributed by atoms with Gasteiger partial charge in [-0.1, -0.05) is 6.92 Å². The molecule has 0 saturated heterocycles. The Bertz CT molecular complexity index is 449. The normalized spacial score (nSPS) is 21.2. The monoisotopic (exact) mass is 260 g/mol. The van der Waals surface area contributed by atoms with E-state index in [1.165, 1.54) is 6.92 Å². The maximum Gasteiger partial charge on any atom is 0.324 e. The number of carboxylic acids is 1. The van der Waals surface area contributed by atoms with E-state index in [9.17, 15) is 13.2 Å². The number of rotatable bonds is 6. The summed E-state index contributed by atoms with van der Waals surface area (Å²) >= 11 is 0. The molecule has 0 aliphatic heterocycles. The molecule has 0 spiro atoms. The maximum atomic E-state index is 11.8. The van der Waals surface area contributed by atoms with Gasteiger partial charge >= 0.3 is 5.97 Å². The van der Waals surface area contributed by atoms with Crippen molar-refractivity contribution in [2.45, 2.75) is 43.9 Å². The molecule has 0 radical (unpaired) electrons. The first-order valence-electron chi connectivity index (χ1n) is 5.43. The molecule has 1 rings (SSSR count). The first-order chi connectivity index (χ1) is 7.78. The smallest absolute Gasteiger partial charge is 0.324 e. The van der Waals surface area contributed by atoms with Crippen molar-refractivity contribution in [3.63, 3.8) is 0 Å². The van der Waals surface area contributed by atoms with Gasteiger partial charge in [-0.25, -0.2) is 8.42 Å². The summed E-state index contributed by atoms with van der Waals surface area (Å²) in [5.74, 6) is -1.39. The second-order valence-electron chi connectivity index (χ2n) is 4.45. The first kappa shape index (κ1) is 13.9. The molecule has 2 N–H and O–H groups in total. The highest BCUT2D eigenvalue weighted by Crippen LogP contribution is 2.40. The fourth-order valence-electron chi connectivity index (χ4n) is 1.71. The molecule has 96 valence electrons. The van der Waals surface area contributed by atoms with E-state index in [2.05, 4.69) is 4.72 Å². The molecule has 1 saturated carbocycles. The minimum Gasteiger partial charge on any atom is -0.480 e. The summed E-state index contributed by atoms with van der Waals surface area (Å²) in [4.78, 5) is 11.2. The summed E-state index contributed by atoms with van der Waals surface area (Å²) in [6, 6.07) is 1.67. The summed E-state index contributed by atoms with van der Waals surface area (Å²) in [5.41, 5.74) is -1.50. The molecule has 17 heavy (non-hydrogen) atoms. The Hall–Kier alpha value is -1.13. The van der Waals surface area contributed by atoms with Crippen molar-refractivity contribution in [2.75, 3.05) is 0 Å². The van der Waals surface area contributed by atoms with Gasteiger partial charge in [0.2, 0.25) is 10.0 Å². The van der Waals surface area contributed by atoms with Crippen molar-refractivity contribution in [2.24, 2.45) is 5.92 Å². The van der Waals surface area contributed by atoms with Crippen LogP contribution >= 0.6 is 0 Å². The topological polar surface area (TPSA) is 107 Å². The third-order valence-electron chi connectivity index (χ3n) is 3.08. The van der Waals surface area contributed by atoms with Gasteiger partial charge in [-0.05, 0) is 32.1 Å². The fraction of sp³-hybridized carbons (Fsp3) is 0.800. The Labute approximate surface area is 101 Å². The lowest BCUT2D eigenvalue weighted by molar-refractivity contribution is -0.144. The third kappa shape index (κ3) is 2.76. The molecule has 0 aromatic rings. The molecule has 0 amide bonds. The number of nitriles is 1. The highest BCUT2D eigenvalue weighted by Gasteiger charge is 2.50. The maximum absolute atomic E-state index is 11.8. The van der Waals surface area contributed by atoms with Gasteiger partial charge in [0.1, 0.15) is 5.54 Å². The molecule has 1 aliphatic rings. The quantitative estimate of drug-likeness (QED) is 0.721. The van der Waals surface area contributed by atoms with Gasteiger partial charge in [0.15, 0.2) is 5.25 Å². The number of nitrogens with zero attached hydrogens (tertiary/aromatic N) is 1. The zero-order valence-electron chi connectivity index (χ0n) is 9.80. The van der Waals surface area contributed by atoms with Crippen LogP contribution in [0.3, 0.4) is 0 Å². The van der Waals surface area contributed by atoms with Crippen LogP contribution in [0.4, 0.5) is 0 Å². The van der Waals surface area contributed by atoms with Gasteiger partial charge in [0, 0.05) is 0 Å². The van der Waals surface area contributed by atoms with Crippen LogP contribution in [0.5, 0.6) is 0 Å².